The number of halogens is 2. The van der Waals surface area contributed by atoms with Crippen LogP contribution in [0.3, 0.4) is 0 Å². The molecule has 0 aliphatic rings. The van der Waals surface area contributed by atoms with Crippen LogP contribution in [0.4, 0.5) is 0 Å². The molecule has 0 bridgehead atoms. The summed E-state index contributed by atoms with van der Waals surface area (Å²) in [6.45, 7) is 6.71. The first kappa shape index (κ1) is 14.8. The van der Waals surface area contributed by atoms with Crippen molar-refractivity contribution in [3.05, 3.63) is 33.8 Å². The third-order valence-corrected chi connectivity index (χ3v) is 3.63. The molecular formula is C13H19Cl2NO. The summed E-state index contributed by atoms with van der Waals surface area (Å²) in [5, 5.41) is 4.39. The van der Waals surface area contributed by atoms with E-state index in [-0.39, 0.29) is 11.6 Å². The maximum atomic E-state index is 6.25. The van der Waals surface area contributed by atoms with Crippen molar-refractivity contribution in [2.24, 2.45) is 0 Å². The van der Waals surface area contributed by atoms with Crippen molar-refractivity contribution in [2.45, 2.75) is 32.4 Å². The Kier molecular flexibility index (Phi) is 5.26. The summed E-state index contributed by atoms with van der Waals surface area (Å²) in [6, 6.07) is 5.65. The van der Waals surface area contributed by atoms with E-state index in [1.165, 1.54) is 0 Å². The van der Waals surface area contributed by atoms with Gasteiger partial charge in [0.05, 0.1) is 21.7 Å². The second kappa shape index (κ2) is 6.05. The lowest BCUT2D eigenvalue weighted by molar-refractivity contribution is -0.0374. The Morgan fingerprint density at radius 2 is 2.00 bits per heavy atom. The molecule has 0 aromatic heterocycles. The molecule has 1 aromatic rings. The molecule has 0 fully saturated rings. The highest BCUT2D eigenvalue weighted by atomic mass is 35.5. The summed E-state index contributed by atoms with van der Waals surface area (Å²) in [6.07, 6.45) is 0. The van der Waals surface area contributed by atoms with Gasteiger partial charge in [0.2, 0.25) is 0 Å². The van der Waals surface area contributed by atoms with E-state index in [2.05, 4.69) is 5.32 Å². The third kappa shape index (κ3) is 3.35. The fourth-order valence-electron chi connectivity index (χ4n) is 2.08. The monoisotopic (exact) mass is 275 g/mol. The van der Waals surface area contributed by atoms with Gasteiger partial charge < -0.3 is 10.1 Å². The third-order valence-electron chi connectivity index (χ3n) is 2.79. The maximum absolute atomic E-state index is 6.25. The molecule has 0 aliphatic heterocycles. The van der Waals surface area contributed by atoms with Gasteiger partial charge in [-0.25, -0.2) is 0 Å². The zero-order chi connectivity index (χ0) is 13.1. The van der Waals surface area contributed by atoms with E-state index < -0.39 is 0 Å². The van der Waals surface area contributed by atoms with Gasteiger partial charge >= 0.3 is 0 Å². The van der Waals surface area contributed by atoms with Crippen molar-refractivity contribution >= 4 is 23.2 Å². The van der Waals surface area contributed by atoms with Crippen LogP contribution in [-0.4, -0.2) is 19.3 Å². The standard InChI is InChI=1S/C13H19Cl2NO/c1-5-17-13(2,3)12(16-4)9-7-6-8-10(14)11(9)15/h6-8,12,16H,5H2,1-4H3. The molecule has 1 unspecified atom stereocenters. The molecule has 2 nitrogen and oxygen atoms in total. The highest BCUT2D eigenvalue weighted by Crippen LogP contribution is 2.36. The predicted molar refractivity (Wildman–Crippen MR) is 74.0 cm³/mol. The molecule has 0 heterocycles. The Hall–Kier alpha value is -0.280. The van der Waals surface area contributed by atoms with Crippen molar-refractivity contribution in [3.63, 3.8) is 0 Å². The largest absolute Gasteiger partial charge is 0.374 e. The normalized spacial score (nSPS) is 13.8. The first-order valence-corrected chi connectivity index (χ1v) is 6.44. The summed E-state index contributed by atoms with van der Waals surface area (Å²) >= 11 is 12.3. The van der Waals surface area contributed by atoms with Crippen LogP contribution in [0.25, 0.3) is 0 Å². The van der Waals surface area contributed by atoms with Crippen LogP contribution >= 0.6 is 23.2 Å². The molecule has 96 valence electrons. The van der Waals surface area contributed by atoms with Crippen LogP contribution in [0.1, 0.15) is 32.4 Å². The Morgan fingerprint density at radius 3 is 2.53 bits per heavy atom. The van der Waals surface area contributed by atoms with Crippen molar-refractivity contribution in [1.29, 1.82) is 0 Å². The Labute approximate surface area is 113 Å². The number of hydrogen-bond donors (Lipinski definition) is 1. The lowest BCUT2D eigenvalue weighted by Gasteiger charge is -2.34. The minimum atomic E-state index is -0.349. The van der Waals surface area contributed by atoms with Gasteiger partial charge in [-0.15, -0.1) is 0 Å². The molecule has 0 spiro atoms. The Balaban J connectivity index is 3.13. The van der Waals surface area contributed by atoms with E-state index in [1.54, 1.807) is 6.07 Å². The number of benzene rings is 1. The fraction of sp³-hybridized carbons (Fsp3) is 0.538. The second-order valence-electron chi connectivity index (χ2n) is 4.40. The van der Waals surface area contributed by atoms with Gasteiger partial charge in [-0.2, -0.15) is 0 Å². The van der Waals surface area contributed by atoms with Gasteiger partial charge in [0, 0.05) is 6.61 Å². The molecule has 0 radical (unpaired) electrons. The van der Waals surface area contributed by atoms with Crippen LogP contribution in [0.15, 0.2) is 18.2 Å². The van der Waals surface area contributed by atoms with Crippen molar-refractivity contribution in [2.75, 3.05) is 13.7 Å². The van der Waals surface area contributed by atoms with E-state index >= 15 is 0 Å². The predicted octanol–water partition coefficient (Wildman–Crippen LogP) is 4.07. The van der Waals surface area contributed by atoms with Crippen LogP contribution in [0.5, 0.6) is 0 Å². The van der Waals surface area contributed by atoms with Crippen LogP contribution < -0.4 is 5.32 Å². The highest BCUT2D eigenvalue weighted by Gasteiger charge is 2.31. The first-order valence-electron chi connectivity index (χ1n) is 5.69. The molecule has 0 aliphatic carbocycles. The number of nitrogens with one attached hydrogen (secondary N) is 1. The fourth-order valence-corrected chi connectivity index (χ4v) is 2.49. The number of likely N-dealkylation sites (N-methyl/N-ethyl adjacent to an activating group) is 1. The average Bonchev–Trinajstić information content (AvgIpc) is 2.24. The molecular weight excluding hydrogens is 257 g/mol. The van der Waals surface area contributed by atoms with Crippen LogP contribution in [0.2, 0.25) is 10.0 Å². The minimum absolute atomic E-state index is 0.00588. The van der Waals surface area contributed by atoms with Gasteiger partial charge in [-0.3, -0.25) is 0 Å². The molecule has 1 rings (SSSR count). The lowest BCUT2D eigenvalue weighted by atomic mass is 9.91. The minimum Gasteiger partial charge on any atom is -0.374 e. The Morgan fingerprint density at radius 1 is 1.35 bits per heavy atom. The van der Waals surface area contributed by atoms with Crippen LogP contribution in [-0.2, 0) is 4.74 Å². The van der Waals surface area contributed by atoms with Crippen molar-refractivity contribution in [1.82, 2.24) is 5.32 Å². The summed E-state index contributed by atoms with van der Waals surface area (Å²) in [5.41, 5.74) is 0.609. The van der Waals surface area contributed by atoms with E-state index in [0.717, 1.165) is 5.56 Å². The molecule has 17 heavy (non-hydrogen) atoms. The molecule has 1 atom stereocenters. The van der Waals surface area contributed by atoms with Crippen molar-refractivity contribution < 1.29 is 4.74 Å². The van der Waals surface area contributed by atoms with Gasteiger partial charge in [0.15, 0.2) is 0 Å². The molecule has 0 saturated heterocycles. The smallest absolute Gasteiger partial charge is 0.0820 e. The topological polar surface area (TPSA) is 21.3 Å². The summed E-state index contributed by atoms with van der Waals surface area (Å²) in [4.78, 5) is 0. The number of ether oxygens (including phenoxy) is 1. The molecule has 1 N–H and O–H groups in total. The van der Waals surface area contributed by atoms with E-state index in [1.807, 2.05) is 40.0 Å². The van der Waals surface area contributed by atoms with E-state index in [9.17, 15) is 0 Å². The quantitative estimate of drug-likeness (QED) is 0.875. The molecule has 1 aromatic carbocycles. The molecule has 4 heteroatoms. The van der Waals surface area contributed by atoms with E-state index in [0.29, 0.717) is 16.7 Å². The lowest BCUT2D eigenvalue weighted by Crippen LogP contribution is -2.40. The van der Waals surface area contributed by atoms with Gasteiger partial charge in [-0.05, 0) is 39.4 Å². The Bertz CT molecular complexity index is 380. The zero-order valence-corrected chi connectivity index (χ0v) is 12.2. The van der Waals surface area contributed by atoms with E-state index in [4.69, 9.17) is 27.9 Å². The van der Waals surface area contributed by atoms with Crippen LogP contribution in [0, 0.1) is 0 Å². The summed E-state index contributed by atoms with van der Waals surface area (Å²) < 4.78 is 5.77. The van der Waals surface area contributed by atoms with Gasteiger partial charge in [0.1, 0.15) is 0 Å². The number of rotatable bonds is 5. The first-order chi connectivity index (χ1) is 7.94. The SMILES string of the molecule is CCOC(C)(C)C(NC)c1cccc(Cl)c1Cl. The van der Waals surface area contributed by atoms with Gasteiger partial charge in [0.25, 0.3) is 0 Å². The van der Waals surface area contributed by atoms with Gasteiger partial charge in [-0.1, -0.05) is 35.3 Å². The maximum Gasteiger partial charge on any atom is 0.0820 e. The average molecular weight is 276 g/mol. The second-order valence-corrected chi connectivity index (χ2v) is 5.19. The highest BCUT2D eigenvalue weighted by molar-refractivity contribution is 6.42. The summed E-state index contributed by atoms with van der Waals surface area (Å²) in [7, 11) is 1.89. The van der Waals surface area contributed by atoms with Crippen molar-refractivity contribution in [3.8, 4) is 0 Å². The molecule has 0 amide bonds. The number of hydrogen-bond acceptors (Lipinski definition) is 2. The molecule has 0 saturated carbocycles. The summed E-state index contributed by atoms with van der Waals surface area (Å²) in [5.74, 6) is 0. The zero-order valence-electron chi connectivity index (χ0n) is 10.7.